The molecule has 1 heterocycles. The van der Waals surface area contributed by atoms with Gasteiger partial charge in [0.1, 0.15) is 6.54 Å². The first-order chi connectivity index (χ1) is 11.8. The summed E-state index contributed by atoms with van der Waals surface area (Å²) in [5, 5.41) is 8.82. The van der Waals surface area contributed by atoms with Crippen LogP contribution in [0.25, 0.3) is 0 Å². The molecule has 0 spiro atoms. The van der Waals surface area contributed by atoms with Gasteiger partial charge in [0.15, 0.2) is 0 Å². The van der Waals surface area contributed by atoms with E-state index in [1.807, 2.05) is 13.8 Å². The van der Waals surface area contributed by atoms with Gasteiger partial charge in [-0.25, -0.2) is 0 Å². The van der Waals surface area contributed by atoms with Crippen LogP contribution in [0.3, 0.4) is 0 Å². The van der Waals surface area contributed by atoms with Gasteiger partial charge in [0.25, 0.3) is 11.5 Å². The monoisotopic (exact) mass is 350 g/mol. The highest BCUT2D eigenvalue weighted by Gasteiger charge is 2.18. The lowest BCUT2D eigenvalue weighted by Crippen LogP contribution is -2.38. The number of hydrogen-bond acceptors (Lipinski definition) is 4. The quantitative estimate of drug-likeness (QED) is 0.572. The van der Waals surface area contributed by atoms with Crippen LogP contribution in [-0.4, -0.2) is 42.1 Å². The Morgan fingerprint density at radius 3 is 2.44 bits per heavy atom. The Labute approximate surface area is 149 Å². The molecule has 0 atom stereocenters. The van der Waals surface area contributed by atoms with E-state index in [1.54, 1.807) is 13.8 Å². The van der Waals surface area contributed by atoms with Gasteiger partial charge in [-0.15, -0.1) is 0 Å². The molecule has 3 N–H and O–H groups in total. The van der Waals surface area contributed by atoms with E-state index in [9.17, 15) is 14.4 Å². The average Bonchev–Trinajstić information content (AvgIpc) is 2.50. The van der Waals surface area contributed by atoms with E-state index >= 15 is 0 Å². The second kappa shape index (κ2) is 9.98. The van der Waals surface area contributed by atoms with Crippen molar-refractivity contribution < 1.29 is 9.59 Å². The molecular formula is C18H30N4O3. The Hall–Kier alpha value is -2.15. The van der Waals surface area contributed by atoms with Gasteiger partial charge in [0, 0.05) is 30.9 Å². The Morgan fingerprint density at radius 1 is 1.16 bits per heavy atom. The molecule has 7 heteroatoms. The fraction of sp³-hybridized carbons (Fsp3) is 0.611. The predicted octanol–water partition coefficient (Wildman–Crippen LogP) is 0.719. The third-order valence-corrected chi connectivity index (χ3v) is 3.76. The lowest BCUT2D eigenvalue weighted by molar-refractivity contribution is -0.122. The number of rotatable bonds is 9. The van der Waals surface area contributed by atoms with Crippen molar-refractivity contribution in [2.75, 3.05) is 19.6 Å². The van der Waals surface area contributed by atoms with Gasteiger partial charge in [-0.1, -0.05) is 6.92 Å². The van der Waals surface area contributed by atoms with E-state index in [4.69, 9.17) is 0 Å². The molecule has 0 aliphatic rings. The van der Waals surface area contributed by atoms with Gasteiger partial charge in [-0.05, 0) is 46.2 Å². The summed E-state index contributed by atoms with van der Waals surface area (Å²) in [4.78, 5) is 36.7. The highest BCUT2D eigenvalue weighted by molar-refractivity contribution is 5.96. The smallest absolute Gasteiger partial charge is 0.253 e. The summed E-state index contributed by atoms with van der Waals surface area (Å²) in [5.41, 5.74) is 1.28. The number of aromatic nitrogens is 1. The summed E-state index contributed by atoms with van der Waals surface area (Å²) in [6.07, 6.45) is 1.04. The Balaban J connectivity index is 2.93. The Kier molecular flexibility index (Phi) is 8.34. The molecule has 25 heavy (non-hydrogen) atoms. The summed E-state index contributed by atoms with van der Waals surface area (Å²) in [7, 11) is 0. The van der Waals surface area contributed by atoms with Crippen molar-refractivity contribution in [1.29, 1.82) is 0 Å². The molecule has 2 amide bonds. The van der Waals surface area contributed by atoms with Crippen LogP contribution in [0.5, 0.6) is 0 Å². The molecule has 1 rings (SSSR count). The highest BCUT2D eigenvalue weighted by Crippen LogP contribution is 2.11. The normalized spacial score (nSPS) is 10.8. The third-order valence-electron chi connectivity index (χ3n) is 3.76. The lowest BCUT2D eigenvalue weighted by Gasteiger charge is -2.17. The number of hydrogen-bond donors (Lipinski definition) is 3. The largest absolute Gasteiger partial charge is 0.352 e. The van der Waals surface area contributed by atoms with Crippen molar-refractivity contribution in [3.63, 3.8) is 0 Å². The molecule has 1 aromatic rings. The van der Waals surface area contributed by atoms with Gasteiger partial charge >= 0.3 is 0 Å². The molecular weight excluding hydrogens is 320 g/mol. The Bertz CT molecular complexity index is 665. The van der Waals surface area contributed by atoms with E-state index in [-0.39, 0.29) is 30.0 Å². The number of nitrogens with zero attached hydrogens (tertiary/aromatic N) is 1. The van der Waals surface area contributed by atoms with Crippen molar-refractivity contribution in [3.05, 3.63) is 33.2 Å². The summed E-state index contributed by atoms with van der Waals surface area (Å²) in [6, 6.07) is 1.40. The van der Waals surface area contributed by atoms with Gasteiger partial charge in [-0.3, -0.25) is 14.4 Å². The average molecular weight is 350 g/mol. The second-order valence-electron chi connectivity index (χ2n) is 6.44. The van der Waals surface area contributed by atoms with Crippen LogP contribution in [0.15, 0.2) is 10.9 Å². The van der Waals surface area contributed by atoms with Crippen molar-refractivity contribution in [2.45, 2.75) is 53.6 Å². The maximum absolute atomic E-state index is 12.5. The number of amides is 2. The fourth-order valence-electron chi connectivity index (χ4n) is 2.63. The first kappa shape index (κ1) is 20.9. The van der Waals surface area contributed by atoms with Crippen molar-refractivity contribution >= 4 is 11.8 Å². The molecule has 140 valence electrons. The standard InChI is InChI=1S/C18H30N4O3/c1-6-7-19-8-9-20-18(25)17-13(4)10-16(24)22(14(17)5)11-15(23)21-12(2)3/h10,12,19H,6-9,11H2,1-5H3,(H,20,25)(H,21,23). The molecule has 0 fully saturated rings. The fourth-order valence-corrected chi connectivity index (χ4v) is 2.63. The number of carbonyl (C=O) groups excluding carboxylic acids is 2. The van der Waals surface area contributed by atoms with Crippen LogP contribution >= 0.6 is 0 Å². The maximum atomic E-state index is 12.5. The van der Waals surface area contributed by atoms with Crippen molar-refractivity contribution in [1.82, 2.24) is 20.5 Å². The van der Waals surface area contributed by atoms with Crippen LogP contribution in [0.2, 0.25) is 0 Å². The number of aryl methyl sites for hydroxylation is 1. The molecule has 0 aliphatic heterocycles. The first-order valence-electron chi connectivity index (χ1n) is 8.77. The third kappa shape index (κ3) is 6.34. The van der Waals surface area contributed by atoms with Gasteiger partial charge in [-0.2, -0.15) is 0 Å². The molecule has 0 radical (unpaired) electrons. The predicted molar refractivity (Wildman–Crippen MR) is 98.9 cm³/mol. The molecule has 7 nitrogen and oxygen atoms in total. The summed E-state index contributed by atoms with van der Waals surface area (Å²) in [5.74, 6) is -0.481. The summed E-state index contributed by atoms with van der Waals surface area (Å²) in [6.45, 7) is 11.2. The molecule has 0 bridgehead atoms. The molecule has 0 aromatic carbocycles. The lowest BCUT2D eigenvalue weighted by atomic mass is 10.1. The SMILES string of the molecule is CCCNCCNC(=O)c1c(C)cc(=O)n(CC(=O)NC(C)C)c1C. The van der Waals surface area contributed by atoms with Crippen molar-refractivity contribution in [2.24, 2.45) is 0 Å². The van der Waals surface area contributed by atoms with E-state index in [2.05, 4.69) is 22.9 Å². The topological polar surface area (TPSA) is 92.2 Å². The van der Waals surface area contributed by atoms with Crippen molar-refractivity contribution in [3.8, 4) is 0 Å². The van der Waals surface area contributed by atoms with Gasteiger partial charge in [0.05, 0.1) is 5.56 Å². The summed E-state index contributed by atoms with van der Waals surface area (Å²) >= 11 is 0. The number of pyridine rings is 1. The van der Waals surface area contributed by atoms with E-state index in [0.717, 1.165) is 13.0 Å². The van der Waals surface area contributed by atoms with Crippen LogP contribution < -0.4 is 21.5 Å². The number of nitrogens with one attached hydrogen (secondary N) is 3. The van der Waals surface area contributed by atoms with Crippen LogP contribution in [0.1, 0.15) is 48.8 Å². The molecule has 1 aromatic heterocycles. The minimum Gasteiger partial charge on any atom is -0.352 e. The zero-order chi connectivity index (χ0) is 19.0. The molecule has 0 aliphatic carbocycles. The zero-order valence-corrected chi connectivity index (χ0v) is 15.9. The first-order valence-corrected chi connectivity index (χ1v) is 8.77. The van der Waals surface area contributed by atoms with E-state index in [0.29, 0.717) is 29.9 Å². The Morgan fingerprint density at radius 2 is 1.84 bits per heavy atom. The van der Waals surface area contributed by atoms with Gasteiger partial charge < -0.3 is 20.5 Å². The summed E-state index contributed by atoms with van der Waals surface area (Å²) < 4.78 is 1.34. The van der Waals surface area contributed by atoms with Gasteiger partial charge in [0.2, 0.25) is 5.91 Å². The number of carbonyl (C=O) groups is 2. The molecule has 0 saturated heterocycles. The van der Waals surface area contributed by atoms with E-state index < -0.39 is 0 Å². The zero-order valence-electron chi connectivity index (χ0n) is 15.9. The maximum Gasteiger partial charge on any atom is 0.253 e. The molecule has 0 unspecified atom stereocenters. The highest BCUT2D eigenvalue weighted by atomic mass is 16.2. The second-order valence-corrected chi connectivity index (χ2v) is 6.44. The minimum atomic E-state index is -0.282. The molecule has 0 saturated carbocycles. The van der Waals surface area contributed by atoms with E-state index in [1.165, 1.54) is 10.6 Å². The van der Waals surface area contributed by atoms with Crippen LogP contribution in [0, 0.1) is 13.8 Å². The minimum absolute atomic E-state index is 0.00709. The van der Waals surface area contributed by atoms with Crippen LogP contribution in [-0.2, 0) is 11.3 Å². The van der Waals surface area contributed by atoms with Crippen LogP contribution in [0.4, 0.5) is 0 Å².